The lowest BCUT2D eigenvalue weighted by Crippen LogP contribution is -2.72. The first-order valence-corrected chi connectivity index (χ1v) is 10.2. The molecule has 142 valence electrons. The van der Waals surface area contributed by atoms with E-state index in [1.54, 1.807) is 0 Å². The number of hydrogen-bond acceptors (Lipinski definition) is 4. The fraction of sp³-hybridized carbons (Fsp3) is 0.947. The van der Waals surface area contributed by atoms with Gasteiger partial charge in [0.15, 0.2) is 5.96 Å². The van der Waals surface area contributed by atoms with Crippen molar-refractivity contribution in [2.45, 2.75) is 57.7 Å². The van der Waals surface area contributed by atoms with Crippen LogP contribution < -0.4 is 10.6 Å². The third-order valence-electron chi connectivity index (χ3n) is 6.86. The lowest BCUT2D eigenvalue weighted by atomic mass is 9.46. The van der Waals surface area contributed by atoms with E-state index in [0.717, 1.165) is 52.0 Å². The fourth-order valence-corrected chi connectivity index (χ4v) is 5.28. The van der Waals surface area contributed by atoms with E-state index in [0.29, 0.717) is 29.5 Å². The molecule has 2 saturated heterocycles. The maximum atomic E-state index is 6.04. The van der Waals surface area contributed by atoms with Crippen molar-refractivity contribution < 1.29 is 9.47 Å². The molecule has 4 rings (SSSR count). The molecule has 25 heavy (non-hydrogen) atoms. The summed E-state index contributed by atoms with van der Waals surface area (Å²) in [7, 11) is 0. The van der Waals surface area contributed by atoms with Crippen LogP contribution in [0.15, 0.2) is 4.99 Å². The van der Waals surface area contributed by atoms with Crippen LogP contribution in [0.4, 0.5) is 0 Å². The molecule has 2 aliphatic heterocycles. The van der Waals surface area contributed by atoms with Gasteiger partial charge in [0, 0.05) is 49.7 Å². The van der Waals surface area contributed by atoms with Gasteiger partial charge in [-0.15, -0.1) is 0 Å². The third-order valence-corrected chi connectivity index (χ3v) is 6.86. The van der Waals surface area contributed by atoms with Gasteiger partial charge in [-0.3, -0.25) is 9.89 Å². The van der Waals surface area contributed by atoms with Gasteiger partial charge in [-0.25, -0.2) is 0 Å². The Morgan fingerprint density at radius 3 is 2.76 bits per heavy atom. The number of nitrogens with one attached hydrogen (secondary N) is 2. The average molecular weight is 351 g/mol. The van der Waals surface area contributed by atoms with Crippen LogP contribution in [0.3, 0.4) is 0 Å². The number of hydrogen-bond donors (Lipinski definition) is 2. The third kappa shape index (κ3) is 3.17. The highest BCUT2D eigenvalue weighted by atomic mass is 16.5. The molecule has 6 heteroatoms. The first-order chi connectivity index (χ1) is 12.2. The molecule has 4 unspecified atom stereocenters. The van der Waals surface area contributed by atoms with Gasteiger partial charge in [0.1, 0.15) is 0 Å². The summed E-state index contributed by atoms with van der Waals surface area (Å²) < 4.78 is 11.5. The summed E-state index contributed by atoms with van der Waals surface area (Å²) in [6, 6.07) is 1.01. The Labute approximate surface area is 151 Å². The summed E-state index contributed by atoms with van der Waals surface area (Å²) in [6.07, 6.45) is 5.69. The first kappa shape index (κ1) is 17.6. The van der Waals surface area contributed by atoms with E-state index in [1.165, 1.54) is 25.7 Å². The van der Waals surface area contributed by atoms with Gasteiger partial charge in [-0.2, -0.15) is 0 Å². The monoisotopic (exact) mass is 350 g/mol. The smallest absolute Gasteiger partial charge is 0.191 e. The molecule has 0 aromatic heterocycles. The molecule has 0 radical (unpaired) electrons. The molecule has 0 amide bonds. The van der Waals surface area contributed by atoms with Crippen molar-refractivity contribution in [1.29, 1.82) is 0 Å². The van der Waals surface area contributed by atoms with Gasteiger partial charge in [0.2, 0.25) is 0 Å². The molecule has 2 saturated carbocycles. The minimum Gasteiger partial charge on any atom is -0.379 e. The molecule has 0 aromatic carbocycles. The molecule has 1 spiro atoms. The van der Waals surface area contributed by atoms with Crippen molar-refractivity contribution in [2.75, 3.05) is 46.0 Å². The van der Waals surface area contributed by atoms with Crippen LogP contribution in [-0.2, 0) is 9.47 Å². The van der Waals surface area contributed by atoms with Crippen LogP contribution in [0.25, 0.3) is 0 Å². The van der Waals surface area contributed by atoms with E-state index in [-0.39, 0.29) is 0 Å². The topological polar surface area (TPSA) is 58.1 Å². The second-order valence-corrected chi connectivity index (χ2v) is 8.17. The summed E-state index contributed by atoms with van der Waals surface area (Å²) in [5.74, 6) is 1.67. The maximum Gasteiger partial charge on any atom is 0.191 e. The summed E-state index contributed by atoms with van der Waals surface area (Å²) >= 11 is 0. The number of guanidine groups is 1. The molecule has 4 atom stereocenters. The standard InChI is InChI=1S/C19H34N4O2/c1-3-20-18(21-13-14(2)23-8-11-24-12-9-23)22-16-15-5-10-25-17(15)19(16)6-4-7-19/h14-17H,3-13H2,1-2H3,(H2,20,21,22). The van der Waals surface area contributed by atoms with Gasteiger partial charge in [-0.1, -0.05) is 6.42 Å². The van der Waals surface area contributed by atoms with Gasteiger partial charge in [0.25, 0.3) is 0 Å². The van der Waals surface area contributed by atoms with E-state index in [1.807, 2.05) is 0 Å². The van der Waals surface area contributed by atoms with E-state index in [9.17, 15) is 0 Å². The van der Waals surface area contributed by atoms with Crippen molar-refractivity contribution in [1.82, 2.24) is 15.5 Å². The normalized spacial score (nSPS) is 35.6. The maximum absolute atomic E-state index is 6.04. The van der Waals surface area contributed by atoms with E-state index >= 15 is 0 Å². The van der Waals surface area contributed by atoms with Crippen LogP contribution in [0, 0.1) is 11.3 Å². The predicted octanol–water partition coefficient (Wildman–Crippen LogP) is 1.22. The number of ether oxygens (including phenoxy) is 2. The number of nitrogens with zero attached hydrogens (tertiary/aromatic N) is 2. The fourth-order valence-electron chi connectivity index (χ4n) is 5.28. The van der Waals surface area contributed by atoms with Crippen LogP contribution in [-0.4, -0.2) is 75.0 Å². The van der Waals surface area contributed by atoms with Crippen LogP contribution in [0.2, 0.25) is 0 Å². The molecule has 2 N–H and O–H groups in total. The van der Waals surface area contributed by atoms with Crippen LogP contribution in [0.1, 0.15) is 39.5 Å². The van der Waals surface area contributed by atoms with Gasteiger partial charge in [-0.05, 0) is 33.1 Å². The molecule has 0 bridgehead atoms. The molecule has 6 nitrogen and oxygen atoms in total. The zero-order chi connectivity index (χ0) is 17.3. The van der Waals surface area contributed by atoms with E-state index in [2.05, 4.69) is 29.4 Å². The Kier molecular flexibility index (Phi) is 5.20. The molecule has 2 aliphatic carbocycles. The minimum atomic E-state index is 0.396. The summed E-state index contributed by atoms with van der Waals surface area (Å²) in [6.45, 7) is 10.8. The Hall–Kier alpha value is -0.850. The number of rotatable bonds is 5. The number of morpholine rings is 1. The average Bonchev–Trinajstić information content (AvgIpc) is 3.01. The largest absolute Gasteiger partial charge is 0.379 e. The van der Waals surface area contributed by atoms with Gasteiger partial charge in [0.05, 0.1) is 25.9 Å². The highest BCUT2D eigenvalue weighted by Gasteiger charge is 2.66. The number of fused-ring (bicyclic) bond motifs is 2. The summed E-state index contributed by atoms with van der Waals surface area (Å²) in [5.41, 5.74) is 0.396. The van der Waals surface area contributed by atoms with E-state index in [4.69, 9.17) is 14.5 Å². The predicted molar refractivity (Wildman–Crippen MR) is 98.9 cm³/mol. The highest BCUT2D eigenvalue weighted by Crippen LogP contribution is 2.62. The Morgan fingerprint density at radius 1 is 1.28 bits per heavy atom. The highest BCUT2D eigenvalue weighted by molar-refractivity contribution is 5.80. The van der Waals surface area contributed by atoms with Crippen molar-refractivity contribution in [3.8, 4) is 0 Å². The Balaban J connectivity index is 1.37. The lowest BCUT2D eigenvalue weighted by molar-refractivity contribution is -0.171. The first-order valence-electron chi connectivity index (χ1n) is 10.2. The number of aliphatic imine (C=N–C) groups is 1. The zero-order valence-electron chi connectivity index (χ0n) is 15.8. The summed E-state index contributed by atoms with van der Waals surface area (Å²) in [4.78, 5) is 7.40. The summed E-state index contributed by atoms with van der Waals surface area (Å²) in [5, 5.41) is 7.25. The van der Waals surface area contributed by atoms with Gasteiger partial charge < -0.3 is 20.1 Å². The Morgan fingerprint density at radius 2 is 2.08 bits per heavy atom. The molecule has 4 aliphatic rings. The molecular weight excluding hydrogens is 316 g/mol. The van der Waals surface area contributed by atoms with Crippen LogP contribution >= 0.6 is 0 Å². The van der Waals surface area contributed by atoms with Crippen molar-refractivity contribution in [3.05, 3.63) is 0 Å². The SMILES string of the molecule is CCNC(=NCC(C)N1CCOCC1)NC1C2CCOC2C12CCC2. The zero-order valence-corrected chi connectivity index (χ0v) is 15.8. The van der Waals surface area contributed by atoms with Crippen molar-refractivity contribution >= 4 is 5.96 Å². The molecule has 0 aromatic rings. The minimum absolute atomic E-state index is 0.396. The second kappa shape index (κ2) is 7.41. The van der Waals surface area contributed by atoms with Crippen LogP contribution in [0.5, 0.6) is 0 Å². The Bertz CT molecular complexity index is 488. The van der Waals surface area contributed by atoms with E-state index < -0.39 is 0 Å². The molecule has 4 fully saturated rings. The second-order valence-electron chi connectivity index (χ2n) is 8.17. The molecular formula is C19H34N4O2. The molecule has 2 heterocycles. The van der Waals surface area contributed by atoms with Gasteiger partial charge >= 0.3 is 0 Å². The van der Waals surface area contributed by atoms with Crippen molar-refractivity contribution in [2.24, 2.45) is 16.3 Å². The quantitative estimate of drug-likeness (QED) is 0.577. The van der Waals surface area contributed by atoms with Crippen molar-refractivity contribution in [3.63, 3.8) is 0 Å². The lowest BCUT2D eigenvalue weighted by Gasteiger charge is -2.63.